The van der Waals surface area contributed by atoms with Gasteiger partial charge in [-0.15, -0.1) is 0 Å². The second kappa shape index (κ2) is 9.44. The normalized spacial score (nSPS) is 27.2. The number of methoxy groups -OCH3 is 1. The van der Waals surface area contributed by atoms with Gasteiger partial charge in [0.25, 0.3) is 0 Å². The molecule has 1 aliphatic heterocycles. The molecule has 1 heterocycles. The van der Waals surface area contributed by atoms with Gasteiger partial charge >= 0.3 is 6.03 Å². The zero-order valence-corrected chi connectivity index (χ0v) is 21.9. The lowest BCUT2D eigenvalue weighted by atomic mass is 9.66. The maximum absolute atomic E-state index is 13.9. The van der Waals surface area contributed by atoms with Gasteiger partial charge in [-0.25, -0.2) is 4.79 Å². The van der Waals surface area contributed by atoms with Crippen LogP contribution >= 0.6 is 0 Å². The number of hydrogen-bond acceptors (Lipinski definition) is 4. The third-order valence-electron chi connectivity index (χ3n) is 9.28. The van der Waals surface area contributed by atoms with Gasteiger partial charge in [-0.3, -0.25) is 4.90 Å². The Kier molecular flexibility index (Phi) is 6.46. The Morgan fingerprint density at radius 2 is 1.64 bits per heavy atom. The van der Waals surface area contributed by atoms with Gasteiger partial charge in [-0.2, -0.15) is 5.26 Å². The zero-order valence-electron chi connectivity index (χ0n) is 21.9. The highest BCUT2D eigenvalue weighted by atomic mass is 16.5. The third kappa shape index (κ3) is 4.14. The minimum absolute atomic E-state index is 0.0337. The molecule has 3 aliphatic rings. The largest absolute Gasteiger partial charge is 0.497 e. The molecular weight excluding hydrogens is 448 g/mol. The van der Waals surface area contributed by atoms with Crippen molar-refractivity contribution in [1.29, 1.82) is 5.26 Å². The molecule has 2 aromatic carbocycles. The van der Waals surface area contributed by atoms with Gasteiger partial charge in [-0.05, 0) is 75.9 Å². The smallest absolute Gasteiger partial charge is 0.320 e. The molecule has 0 radical (unpaired) electrons. The van der Waals surface area contributed by atoms with E-state index in [1.54, 1.807) is 7.11 Å². The molecule has 0 unspecified atom stereocenters. The molecule has 190 valence electrons. The van der Waals surface area contributed by atoms with Crippen LogP contribution in [0.2, 0.25) is 0 Å². The van der Waals surface area contributed by atoms with Crippen LogP contribution in [0.3, 0.4) is 0 Å². The standard InChI is InChI=1S/C30H38N4O2/c1-32(2)30(25-8-5-4-6-9-25)18-16-29(17-19-30)23-33(20-24-10-12-26(36-3)13-11-24)27(35)34(29)22-28(21-31)14-7-15-28/h4-6,8-13H,7,14-20,22-23H2,1-3H3/t29-,30+. The van der Waals surface area contributed by atoms with Crippen LogP contribution in [0.25, 0.3) is 0 Å². The van der Waals surface area contributed by atoms with E-state index in [0.717, 1.165) is 62.8 Å². The summed E-state index contributed by atoms with van der Waals surface area (Å²) in [6.45, 7) is 1.86. The van der Waals surface area contributed by atoms with Gasteiger partial charge in [0.1, 0.15) is 5.75 Å². The van der Waals surface area contributed by atoms with Crippen molar-refractivity contribution in [2.24, 2.45) is 5.41 Å². The number of ether oxygens (including phenoxy) is 1. The second-order valence-corrected chi connectivity index (χ2v) is 11.3. The van der Waals surface area contributed by atoms with Crippen molar-refractivity contribution in [2.75, 3.05) is 34.3 Å². The Hall–Kier alpha value is -3.04. The molecule has 6 heteroatoms. The van der Waals surface area contributed by atoms with E-state index in [4.69, 9.17) is 4.74 Å². The van der Waals surface area contributed by atoms with Crippen molar-refractivity contribution in [3.63, 3.8) is 0 Å². The number of nitriles is 1. The topological polar surface area (TPSA) is 59.8 Å². The monoisotopic (exact) mass is 486 g/mol. The molecule has 0 N–H and O–H groups in total. The van der Waals surface area contributed by atoms with Crippen molar-refractivity contribution < 1.29 is 9.53 Å². The first kappa shape index (κ1) is 24.6. The van der Waals surface area contributed by atoms with Gasteiger partial charge in [0.15, 0.2) is 0 Å². The fourth-order valence-electron chi connectivity index (χ4n) is 6.70. The van der Waals surface area contributed by atoms with Gasteiger partial charge in [0.05, 0.1) is 24.1 Å². The molecule has 6 nitrogen and oxygen atoms in total. The third-order valence-corrected chi connectivity index (χ3v) is 9.28. The molecule has 1 spiro atoms. The number of nitrogens with zero attached hydrogens (tertiary/aromatic N) is 4. The Morgan fingerprint density at radius 1 is 0.972 bits per heavy atom. The quantitative estimate of drug-likeness (QED) is 0.526. The first-order chi connectivity index (χ1) is 17.4. The summed E-state index contributed by atoms with van der Waals surface area (Å²) in [6.07, 6.45) is 6.73. The summed E-state index contributed by atoms with van der Waals surface area (Å²) in [5, 5.41) is 10.0. The van der Waals surface area contributed by atoms with E-state index in [2.05, 4.69) is 60.3 Å². The number of hydrogen-bond donors (Lipinski definition) is 0. The Balaban J connectivity index is 1.42. The minimum atomic E-state index is -0.381. The van der Waals surface area contributed by atoms with Crippen LogP contribution in [0, 0.1) is 16.7 Å². The minimum Gasteiger partial charge on any atom is -0.497 e. The maximum Gasteiger partial charge on any atom is 0.320 e. The fourth-order valence-corrected chi connectivity index (χ4v) is 6.70. The zero-order chi connectivity index (χ0) is 25.4. The van der Waals surface area contributed by atoms with Crippen LogP contribution in [0.4, 0.5) is 4.79 Å². The van der Waals surface area contributed by atoms with Crippen LogP contribution in [0.1, 0.15) is 56.1 Å². The Labute approximate surface area is 215 Å². The summed E-state index contributed by atoms with van der Waals surface area (Å²) in [6, 6.07) is 21.5. The lowest BCUT2D eigenvalue weighted by Gasteiger charge is -2.52. The SMILES string of the molecule is COc1ccc(CN2C[C@]3(CC[C@](c4ccccc4)(N(C)C)CC3)N(CC3(C#N)CCC3)C2=O)cc1. The second-order valence-electron chi connectivity index (χ2n) is 11.3. The first-order valence-electron chi connectivity index (χ1n) is 13.2. The molecular formula is C30H38N4O2. The highest BCUT2D eigenvalue weighted by Crippen LogP contribution is 2.51. The molecule has 0 bridgehead atoms. The van der Waals surface area contributed by atoms with Crippen LogP contribution < -0.4 is 4.74 Å². The highest BCUT2D eigenvalue weighted by molar-refractivity contribution is 5.78. The van der Waals surface area contributed by atoms with Crippen LogP contribution in [0.5, 0.6) is 5.75 Å². The first-order valence-corrected chi connectivity index (χ1v) is 13.2. The lowest BCUT2D eigenvalue weighted by molar-refractivity contribution is 0.00724. The van der Waals surface area contributed by atoms with E-state index < -0.39 is 0 Å². The number of carbonyl (C=O) groups is 1. The fraction of sp³-hybridized carbons (Fsp3) is 0.533. The Morgan fingerprint density at radius 3 is 2.17 bits per heavy atom. The number of benzene rings is 2. The highest BCUT2D eigenvalue weighted by Gasteiger charge is 2.56. The van der Waals surface area contributed by atoms with E-state index in [1.807, 2.05) is 29.2 Å². The average Bonchev–Trinajstić information content (AvgIpc) is 3.12. The van der Waals surface area contributed by atoms with Crippen molar-refractivity contribution in [3.8, 4) is 11.8 Å². The molecule has 5 rings (SSSR count). The summed E-state index contributed by atoms with van der Waals surface area (Å²) in [5.41, 5.74) is 1.81. The predicted octanol–water partition coefficient (Wildman–Crippen LogP) is 5.40. The maximum atomic E-state index is 13.9. The number of amides is 2. The lowest BCUT2D eigenvalue weighted by Crippen LogP contribution is -2.57. The average molecular weight is 487 g/mol. The summed E-state index contributed by atoms with van der Waals surface area (Å²) in [4.78, 5) is 20.4. The molecule has 3 fully saturated rings. The van der Waals surface area contributed by atoms with Crippen LogP contribution in [-0.2, 0) is 12.1 Å². The van der Waals surface area contributed by atoms with Crippen molar-refractivity contribution in [1.82, 2.24) is 14.7 Å². The molecule has 2 aliphatic carbocycles. The molecule has 0 atom stereocenters. The summed E-state index contributed by atoms with van der Waals surface area (Å²) >= 11 is 0. The number of carbonyl (C=O) groups excluding carboxylic acids is 1. The van der Waals surface area contributed by atoms with Gasteiger partial charge < -0.3 is 14.5 Å². The van der Waals surface area contributed by atoms with Gasteiger partial charge in [-0.1, -0.05) is 48.9 Å². The van der Waals surface area contributed by atoms with Crippen LogP contribution in [-0.4, -0.2) is 60.6 Å². The van der Waals surface area contributed by atoms with E-state index in [9.17, 15) is 10.1 Å². The molecule has 2 amide bonds. The van der Waals surface area contributed by atoms with Crippen LogP contribution in [0.15, 0.2) is 54.6 Å². The molecule has 2 aromatic rings. The summed E-state index contributed by atoms with van der Waals surface area (Å²) in [5.74, 6) is 0.818. The summed E-state index contributed by atoms with van der Waals surface area (Å²) in [7, 11) is 6.02. The number of urea groups is 1. The molecule has 36 heavy (non-hydrogen) atoms. The van der Waals surface area contributed by atoms with Crippen molar-refractivity contribution >= 4 is 6.03 Å². The van der Waals surface area contributed by atoms with Gasteiger partial charge in [0, 0.05) is 25.2 Å². The molecule has 0 aromatic heterocycles. The number of rotatable bonds is 7. The van der Waals surface area contributed by atoms with E-state index in [1.165, 1.54) is 5.56 Å². The summed E-state index contributed by atoms with van der Waals surface area (Å²) < 4.78 is 5.31. The van der Waals surface area contributed by atoms with Crippen molar-refractivity contribution in [2.45, 2.75) is 62.6 Å². The Bertz CT molecular complexity index is 1110. The predicted molar refractivity (Wildman–Crippen MR) is 140 cm³/mol. The van der Waals surface area contributed by atoms with Gasteiger partial charge in [0.2, 0.25) is 0 Å². The van der Waals surface area contributed by atoms with Crippen molar-refractivity contribution in [3.05, 3.63) is 65.7 Å². The van der Waals surface area contributed by atoms with E-state index >= 15 is 0 Å². The molecule has 2 saturated carbocycles. The molecule has 1 saturated heterocycles. The van der Waals surface area contributed by atoms with E-state index in [0.29, 0.717) is 13.1 Å². The van der Waals surface area contributed by atoms with E-state index in [-0.39, 0.29) is 22.5 Å².